The number of nitrogens with zero attached hydrogens (tertiary/aromatic N) is 2. The van der Waals surface area contributed by atoms with E-state index in [9.17, 15) is 9.46 Å². The van der Waals surface area contributed by atoms with Crippen molar-refractivity contribution in [2.24, 2.45) is 4.99 Å². The first kappa shape index (κ1) is 19.7. The number of nitrogens with one attached hydrogen (secondary N) is 1. The van der Waals surface area contributed by atoms with Crippen LogP contribution in [0.15, 0.2) is 53.9 Å². The van der Waals surface area contributed by atoms with E-state index in [1.54, 1.807) is 41.4 Å². The lowest BCUT2D eigenvalue weighted by Crippen LogP contribution is -2.34. The molecule has 2 aliphatic rings. The number of hydroxylamine groups is 1. The van der Waals surface area contributed by atoms with Crippen molar-refractivity contribution < 1.29 is 28.5 Å². The molecule has 0 aliphatic carbocycles. The number of amidine groups is 1. The lowest BCUT2D eigenvalue weighted by Gasteiger charge is -2.29. The third-order valence-corrected chi connectivity index (χ3v) is 5.03. The van der Waals surface area contributed by atoms with Crippen LogP contribution in [0.2, 0.25) is 0 Å². The Kier molecular flexibility index (Phi) is 6.03. The zero-order chi connectivity index (χ0) is 19.4. The van der Waals surface area contributed by atoms with Gasteiger partial charge in [0.05, 0.1) is 12.7 Å². The van der Waals surface area contributed by atoms with Crippen molar-refractivity contribution in [2.45, 2.75) is 25.2 Å². The van der Waals surface area contributed by atoms with Gasteiger partial charge >= 0.3 is 7.82 Å². The average molecular weight is 393 g/mol. The Balaban J connectivity index is 1.49. The predicted octanol–water partition coefficient (Wildman–Crippen LogP) is 0.624. The molecule has 0 radical (unpaired) electrons. The maximum atomic E-state index is 12.1. The van der Waals surface area contributed by atoms with Crippen molar-refractivity contribution in [3.05, 3.63) is 48.9 Å². The standard InChI is InChI=1S/C16H21BN3O6P/c1-11-18-15(19-21)8-9-20(11)16-7-6-14(25-16)10-24-27(22,23)26-13-4-2-12(17)3-5-13/h2-5,8-9,14,16,21H,1,6-7,10,17H2,(H,18,19)(H,22,23). The normalized spacial score (nSPS) is 24.4. The molecule has 3 atom stereocenters. The van der Waals surface area contributed by atoms with Crippen LogP contribution in [0.25, 0.3) is 0 Å². The van der Waals surface area contributed by atoms with Crippen LogP contribution in [0.1, 0.15) is 12.8 Å². The van der Waals surface area contributed by atoms with Crippen molar-refractivity contribution in [3.8, 4) is 5.75 Å². The summed E-state index contributed by atoms with van der Waals surface area (Å²) >= 11 is 0. The summed E-state index contributed by atoms with van der Waals surface area (Å²) in [5, 5.41) is 8.87. The molecule has 1 aromatic rings. The Morgan fingerprint density at radius 2 is 2.15 bits per heavy atom. The van der Waals surface area contributed by atoms with E-state index in [0.29, 0.717) is 18.7 Å². The largest absolute Gasteiger partial charge is 0.527 e. The maximum absolute atomic E-state index is 12.1. The maximum Gasteiger partial charge on any atom is 0.527 e. The molecule has 0 spiro atoms. The first-order valence-corrected chi connectivity index (χ1v) is 9.89. The molecule has 3 N–H and O–H groups in total. The molecule has 144 valence electrons. The van der Waals surface area contributed by atoms with Gasteiger partial charge in [0, 0.05) is 6.20 Å². The molecule has 1 aromatic carbocycles. The number of phosphoric acid groups is 1. The number of hydrogen-bond acceptors (Lipinski definition) is 8. The molecule has 0 bridgehead atoms. The second kappa shape index (κ2) is 8.29. The van der Waals surface area contributed by atoms with Gasteiger partial charge in [-0.25, -0.2) is 9.56 Å². The highest BCUT2D eigenvalue weighted by Gasteiger charge is 2.33. The second-order valence-corrected chi connectivity index (χ2v) is 7.58. The number of benzene rings is 1. The highest BCUT2D eigenvalue weighted by molar-refractivity contribution is 7.47. The Hall–Kier alpha value is -2.10. The average Bonchev–Trinajstić information content (AvgIpc) is 3.10. The van der Waals surface area contributed by atoms with Crippen molar-refractivity contribution in [1.82, 2.24) is 10.4 Å². The van der Waals surface area contributed by atoms with E-state index < -0.39 is 7.82 Å². The third-order valence-electron chi connectivity index (χ3n) is 4.12. The van der Waals surface area contributed by atoms with E-state index >= 15 is 0 Å². The van der Waals surface area contributed by atoms with Crippen LogP contribution in [0.4, 0.5) is 0 Å². The highest BCUT2D eigenvalue weighted by Crippen LogP contribution is 2.44. The van der Waals surface area contributed by atoms with Crippen molar-refractivity contribution >= 4 is 27.0 Å². The van der Waals surface area contributed by atoms with Gasteiger partial charge in [-0.3, -0.25) is 20.1 Å². The third kappa shape index (κ3) is 5.21. The molecule has 3 unspecified atom stereocenters. The fourth-order valence-corrected chi connectivity index (χ4v) is 3.54. The summed E-state index contributed by atoms with van der Waals surface area (Å²) < 4.78 is 28.1. The molecular weight excluding hydrogens is 372 g/mol. The van der Waals surface area contributed by atoms with Crippen molar-refractivity contribution in [1.29, 1.82) is 0 Å². The molecule has 1 fully saturated rings. The van der Waals surface area contributed by atoms with E-state index in [2.05, 4.69) is 11.6 Å². The van der Waals surface area contributed by atoms with Crippen LogP contribution < -0.4 is 15.5 Å². The smallest absolute Gasteiger partial charge is 0.404 e. The molecule has 2 aliphatic heterocycles. The molecule has 3 rings (SSSR count). The van der Waals surface area contributed by atoms with Crippen LogP contribution in [-0.2, 0) is 13.8 Å². The molecule has 27 heavy (non-hydrogen) atoms. The molecular formula is C16H21BN3O6P. The molecule has 0 saturated carbocycles. The van der Waals surface area contributed by atoms with E-state index in [-0.39, 0.29) is 30.5 Å². The number of ether oxygens (including phenoxy) is 1. The number of phosphoric ester groups is 1. The lowest BCUT2D eigenvalue weighted by molar-refractivity contribution is -0.0389. The van der Waals surface area contributed by atoms with Gasteiger partial charge in [0.2, 0.25) is 0 Å². The molecule has 9 nitrogen and oxygen atoms in total. The van der Waals surface area contributed by atoms with Crippen LogP contribution >= 0.6 is 7.82 Å². The summed E-state index contributed by atoms with van der Waals surface area (Å²) in [5.41, 5.74) is 2.97. The minimum atomic E-state index is -4.24. The van der Waals surface area contributed by atoms with Crippen molar-refractivity contribution in [3.63, 3.8) is 0 Å². The van der Waals surface area contributed by atoms with E-state index in [4.69, 9.17) is 19.0 Å². The zero-order valence-corrected chi connectivity index (χ0v) is 15.7. The topological polar surface area (TPSA) is 113 Å². The fourth-order valence-electron chi connectivity index (χ4n) is 2.75. The van der Waals surface area contributed by atoms with Gasteiger partial charge in [0.1, 0.15) is 25.6 Å². The summed E-state index contributed by atoms with van der Waals surface area (Å²) in [6.07, 6.45) is 3.91. The van der Waals surface area contributed by atoms with Crippen LogP contribution in [0, 0.1) is 0 Å². The van der Waals surface area contributed by atoms with Gasteiger partial charge in [0.15, 0.2) is 5.84 Å². The Labute approximate surface area is 157 Å². The van der Waals surface area contributed by atoms with Crippen LogP contribution in [-0.4, -0.2) is 47.6 Å². The number of hydrogen-bond donors (Lipinski definition) is 3. The summed E-state index contributed by atoms with van der Waals surface area (Å²) in [5.74, 6) is 0.956. The molecule has 0 aromatic heterocycles. The van der Waals surface area contributed by atoms with Crippen LogP contribution in [0.5, 0.6) is 5.75 Å². The summed E-state index contributed by atoms with van der Waals surface area (Å²) in [6, 6.07) is 6.76. The van der Waals surface area contributed by atoms with Gasteiger partial charge in [-0.15, -0.1) is 0 Å². The van der Waals surface area contributed by atoms with Gasteiger partial charge in [-0.1, -0.05) is 24.2 Å². The highest BCUT2D eigenvalue weighted by atomic mass is 31.2. The number of rotatable bonds is 6. The Bertz CT molecular complexity index is 800. The summed E-state index contributed by atoms with van der Waals surface area (Å²) in [6.45, 7) is 3.75. The SMILES string of the molecule is Bc1ccc(OP(=O)(O)OCC2CCC(N3C=CC(NO)=NC3=C)O2)cc1. The second-order valence-electron chi connectivity index (χ2n) is 6.21. The van der Waals surface area contributed by atoms with Gasteiger partial charge < -0.3 is 14.2 Å². The molecule has 1 saturated heterocycles. The lowest BCUT2D eigenvalue weighted by atomic mass is 9.97. The quantitative estimate of drug-likeness (QED) is 0.367. The van der Waals surface area contributed by atoms with E-state index in [0.717, 1.165) is 5.46 Å². The minimum absolute atomic E-state index is 0.0765. The minimum Gasteiger partial charge on any atom is -0.404 e. The first-order valence-electron chi connectivity index (χ1n) is 8.39. The molecule has 0 amide bonds. The monoisotopic (exact) mass is 393 g/mol. The van der Waals surface area contributed by atoms with Gasteiger partial charge in [0.25, 0.3) is 0 Å². The Morgan fingerprint density at radius 1 is 1.41 bits per heavy atom. The van der Waals surface area contributed by atoms with E-state index in [1.165, 1.54) is 0 Å². The Morgan fingerprint density at radius 3 is 2.81 bits per heavy atom. The molecule has 11 heteroatoms. The number of aliphatic imine (C=N–C) groups is 1. The van der Waals surface area contributed by atoms with Gasteiger partial charge in [-0.05, 0) is 31.1 Å². The van der Waals surface area contributed by atoms with Gasteiger partial charge in [-0.2, -0.15) is 0 Å². The molecule has 2 heterocycles. The summed E-state index contributed by atoms with van der Waals surface area (Å²) in [4.78, 5) is 15.7. The first-order chi connectivity index (χ1) is 12.9. The predicted molar refractivity (Wildman–Crippen MR) is 101 cm³/mol. The summed E-state index contributed by atoms with van der Waals surface area (Å²) in [7, 11) is -2.33. The van der Waals surface area contributed by atoms with Crippen LogP contribution in [0.3, 0.4) is 0 Å². The fraction of sp³-hybridized carbons (Fsp3) is 0.312. The van der Waals surface area contributed by atoms with Crippen molar-refractivity contribution in [2.75, 3.05) is 6.61 Å². The zero-order valence-electron chi connectivity index (χ0n) is 14.8. The van der Waals surface area contributed by atoms with E-state index in [1.807, 2.05) is 13.3 Å².